The number of nitriles is 1. The summed E-state index contributed by atoms with van der Waals surface area (Å²) in [6.45, 7) is 2.96. The number of nitrogens with zero attached hydrogens (tertiary/aromatic N) is 2. The molecule has 1 aliphatic heterocycles. The largest absolute Gasteiger partial charge is 0.376 e. The highest BCUT2D eigenvalue weighted by atomic mass is 32.2. The number of ether oxygens (including phenoxy) is 1. The molecule has 0 unspecified atom stereocenters. The van der Waals surface area contributed by atoms with Gasteiger partial charge >= 0.3 is 0 Å². The second-order valence-electron chi connectivity index (χ2n) is 9.05. The van der Waals surface area contributed by atoms with E-state index in [9.17, 15) is 18.5 Å². The minimum absolute atomic E-state index is 0.0675. The normalized spacial score (nSPS) is 26.5. The van der Waals surface area contributed by atoms with Gasteiger partial charge in [-0.2, -0.15) is 5.26 Å². The number of amides is 1. The first kappa shape index (κ1) is 24.7. The topological polar surface area (TPSA) is 99.5 Å². The molecule has 1 aromatic rings. The van der Waals surface area contributed by atoms with Gasteiger partial charge in [-0.25, -0.2) is 13.1 Å². The van der Waals surface area contributed by atoms with E-state index in [0.717, 1.165) is 55.9 Å². The highest BCUT2D eigenvalue weighted by Crippen LogP contribution is 2.35. The van der Waals surface area contributed by atoms with E-state index >= 15 is 0 Å². The summed E-state index contributed by atoms with van der Waals surface area (Å²) in [6.07, 6.45) is 7.66. The van der Waals surface area contributed by atoms with Gasteiger partial charge in [0, 0.05) is 19.0 Å². The van der Waals surface area contributed by atoms with Crippen molar-refractivity contribution in [1.29, 1.82) is 5.26 Å². The maximum atomic E-state index is 12.7. The van der Waals surface area contributed by atoms with Crippen LogP contribution in [0.4, 0.5) is 0 Å². The first-order valence-electron chi connectivity index (χ1n) is 11.7. The third kappa shape index (κ3) is 6.53. The molecule has 2 fully saturated rings. The predicted molar refractivity (Wildman–Crippen MR) is 124 cm³/mol. The second-order valence-corrected chi connectivity index (χ2v) is 10.8. The Bertz CT molecular complexity index is 919. The average molecular weight is 462 g/mol. The Morgan fingerprint density at radius 1 is 1.22 bits per heavy atom. The zero-order valence-electron chi connectivity index (χ0n) is 19.1. The van der Waals surface area contributed by atoms with Crippen LogP contribution in [0.3, 0.4) is 0 Å². The number of piperidine rings is 1. The molecule has 1 amide bonds. The summed E-state index contributed by atoms with van der Waals surface area (Å²) < 4.78 is 32.8. The Kier molecular flexibility index (Phi) is 8.69. The molecule has 32 heavy (non-hydrogen) atoms. The molecule has 1 saturated carbocycles. The molecule has 0 spiro atoms. The van der Waals surface area contributed by atoms with Crippen molar-refractivity contribution < 1.29 is 17.9 Å². The number of carbonyl (C=O) groups excluding carboxylic acids is 1. The summed E-state index contributed by atoms with van der Waals surface area (Å²) in [6, 6.07) is 9.49. The van der Waals surface area contributed by atoms with E-state index in [1.165, 1.54) is 0 Å². The summed E-state index contributed by atoms with van der Waals surface area (Å²) in [5.74, 6) is 0.431. The van der Waals surface area contributed by atoms with E-state index in [2.05, 4.69) is 10.8 Å². The molecule has 2 atom stereocenters. The van der Waals surface area contributed by atoms with Crippen molar-refractivity contribution >= 4 is 15.9 Å². The van der Waals surface area contributed by atoms with Crippen molar-refractivity contribution in [2.75, 3.05) is 19.4 Å². The molecule has 3 rings (SSSR count). The summed E-state index contributed by atoms with van der Waals surface area (Å²) >= 11 is 0. The van der Waals surface area contributed by atoms with Crippen molar-refractivity contribution in [3.63, 3.8) is 0 Å². The van der Waals surface area contributed by atoms with Crippen LogP contribution in [-0.4, -0.2) is 56.8 Å². The van der Waals surface area contributed by atoms with Crippen molar-refractivity contribution in [3.05, 3.63) is 35.4 Å². The lowest BCUT2D eigenvalue weighted by Crippen LogP contribution is -2.59. The van der Waals surface area contributed by atoms with Gasteiger partial charge in [0.15, 0.2) is 0 Å². The molecular weight excluding hydrogens is 426 g/mol. The number of hydrogen-bond acceptors (Lipinski definition) is 5. The van der Waals surface area contributed by atoms with Gasteiger partial charge in [0.25, 0.3) is 0 Å². The summed E-state index contributed by atoms with van der Waals surface area (Å²) in [7, 11) is -3.38. The number of likely N-dealkylation sites (tertiary alicyclic amines) is 1. The Morgan fingerprint density at radius 2 is 1.94 bits per heavy atom. The maximum Gasteiger partial charge on any atom is 0.222 e. The Balaban J connectivity index is 1.62. The third-order valence-electron chi connectivity index (χ3n) is 6.63. The van der Waals surface area contributed by atoms with Crippen molar-refractivity contribution in [2.45, 2.75) is 82.4 Å². The number of carbonyl (C=O) groups is 1. The quantitative estimate of drug-likeness (QED) is 0.640. The molecule has 1 heterocycles. The molecule has 0 aromatic heterocycles. The predicted octanol–water partition coefficient (Wildman–Crippen LogP) is 3.31. The van der Waals surface area contributed by atoms with Crippen LogP contribution in [0, 0.1) is 11.3 Å². The fraction of sp³-hybridized carbons (Fsp3) is 0.667. The fourth-order valence-electron chi connectivity index (χ4n) is 5.07. The van der Waals surface area contributed by atoms with Gasteiger partial charge in [0.1, 0.15) is 0 Å². The summed E-state index contributed by atoms with van der Waals surface area (Å²) in [5.41, 5.74) is 1.87. The van der Waals surface area contributed by atoms with Gasteiger partial charge in [-0.1, -0.05) is 25.1 Å². The molecule has 1 aliphatic carbocycles. The molecule has 1 saturated heterocycles. The van der Waals surface area contributed by atoms with Gasteiger partial charge in [0.2, 0.25) is 15.9 Å². The second kappa shape index (κ2) is 11.3. The summed E-state index contributed by atoms with van der Waals surface area (Å²) in [4.78, 5) is 14.5. The van der Waals surface area contributed by atoms with E-state index in [0.29, 0.717) is 31.9 Å². The molecule has 1 aromatic carbocycles. The van der Waals surface area contributed by atoms with Crippen LogP contribution < -0.4 is 4.72 Å². The first-order chi connectivity index (χ1) is 15.3. The fourth-order valence-corrected chi connectivity index (χ4v) is 5.90. The van der Waals surface area contributed by atoms with Gasteiger partial charge < -0.3 is 9.64 Å². The molecule has 2 aliphatic rings. The van der Waals surface area contributed by atoms with Crippen LogP contribution in [0.2, 0.25) is 0 Å². The SMILES string of the molecule is CCCC(=O)N1CCC[C@H](NS(C)(=O)=O)[C@@H]1COC1CCC(c2ccccc2C#N)CC1. The van der Waals surface area contributed by atoms with Gasteiger partial charge in [-0.3, -0.25) is 4.79 Å². The Morgan fingerprint density at radius 3 is 2.59 bits per heavy atom. The Hall–Kier alpha value is -1.95. The van der Waals surface area contributed by atoms with E-state index in [1.54, 1.807) is 0 Å². The average Bonchev–Trinajstić information content (AvgIpc) is 2.77. The minimum Gasteiger partial charge on any atom is -0.376 e. The lowest BCUT2D eigenvalue weighted by Gasteiger charge is -2.42. The Labute approximate surface area is 192 Å². The molecule has 8 heteroatoms. The van der Waals surface area contributed by atoms with Crippen LogP contribution >= 0.6 is 0 Å². The van der Waals surface area contributed by atoms with Crippen LogP contribution in [-0.2, 0) is 19.6 Å². The molecule has 0 bridgehead atoms. The van der Waals surface area contributed by atoms with Crippen LogP contribution in [0.1, 0.15) is 75.3 Å². The number of rotatable bonds is 8. The number of hydrogen-bond donors (Lipinski definition) is 1. The van der Waals surface area contributed by atoms with E-state index in [4.69, 9.17) is 4.74 Å². The number of nitrogens with one attached hydrogen (secondary N) is 1. The smallest absolute Gasteiger partial charge is 0.222 e. The van der Waals surface area contributed by atoms with Crippen molar-refractivity contribution in [1.82, 2.24) is 9.62 Å². The minimum atomic E-state index is -3.38. The van der Waals surface area contributed by atoms with Gasteiger partial charge in [-0.05, 0) is 62.5 Å². The van der Waals surface area contributed by atoms with Crippen LogP contribution in [0.25, 0.3) is 0 Å². The lowest BCUT2D eigenvalue weighted by atomic mass is 9.81. The highest BCUT2D eigenvalue weighted by molar-refractivity contribution is 7.88. The summed E-state index contributed by atoms with van der Waals surface area (Å²) in [5, 5.41) is 9.39. The zero-order chi connectivity index (χ0) is 23.1. The molecule has 176 valence electrons. The highest BCUT2D eigenvalue weighted by Gasteiger charge is 2.36. The number of benzene rings is 1. The monoisotopic (exact) mass is 461 g/mol. The lowest BCUT2D eigenvalue weighted by molar-refractivity contribution is -0.138. The maximum absolute atomic E-state index is 12.7. The standard InChI is InChI=1S/C24H35N3O4S/c1-3-7-24(28)27-15-6-10-22(26-32(2,29)30)23(27)17-31-20-13-11-18(12-14-20)21-9-5-4-8-19(21)16-25/h4-5,8-9,18,20,22-23,26H,3,6-7,10-15,17H2,1-2H3/t18?,20?,22-,23-/m0/s1. The van der Waals surface area contributed by atoms with Crippen LogP contribution in [0.5, 0.6) is 0 Å². The van der Waals surface area contributed by atoms with E-state index in [1.807, 2.05) is 36.1 Å². The molecule has 0 radical (unpaired) electrons. The third-order valence-corrected chi connectivity index (χ3v) is 7.36. The van der Waals surface area contributed by atoms with E-state index < -0.39 is 10.0 Å². The molecule has 7 nitrogen and oxygen atoms in total. The van der Waals surface area contributed by atoms with E-state index in [-0.39, 0.29) is 24.1 Å². The molecular formula is C24H35N3O4S. The van der Waals surface area contributed by atoms with Gasteiger partial charge in [-0.15, -0.1) is 0 Å². The van der Waals surface area contributed by atoms with Crippen molar-refractivity contribution in [3.8, 4) is 6.07 Å². The zero-order valence-corrected chi connectivity index (χ0v) is 19.9. The first-order valence-corrected chi connectivity index (χ1v) is 13.6. The molecule has 1 N–H and O–H groups in total. The number of sulfonamides is 1. The van der Waals surface area contributed by atoms with Crippen LogP contribution in [0.15, 0.2) is 24.3 Å². The van der Waals surface area contributed by atoms with Gasteiger partial charge in [0.05, 0.1) is 36.6 Å². The van der Waals surface area contributed by atoms with Crippen molar-refractivity contribution in [2.24, 2.45) is 0 Å².